The maximum atomic E-state index is 12.1. The zero-order valence-electron chi connectivity index (χ0n) is 11.0. The minimum absolute atomic E-state index is 0.0720. The molecule has 2 rings (SSSR count). The van der Waals surface area contributed by atoms with Crippen molar-refractivity contribution < 1.29 is 9.53 Å². The van der Waals surface area contributed by atoms with Crippen LogP contribution in [-0.4, -0.2) is 49.2 Å². The minimum atomic E-state index is 0.0720. The van der Waals surface area contributed by atoms with E-state index in [0.717, 1.165) is 32.4 Å². The first-order valence-electron chi connectivity index (χ1n) is 6.77. The van der Waals surface area contributed by atoms with Gasteiger partial charge in [0.15, 0.2) is 0 Å². The van der Waals surface area contributed by atoms with Gasteiger partial charge in [-0.1, -0.05) is 6.92 Å². The van der Waals surface area contributed by atoms with Crippen molar-refractivity contribution in [3.05, 3.63) is 0 Å². The van der Waals surface area contributed by atoms with Gasteiger partial charge in [-0.05, 0) is 32.2 Å². The summed E-state index contributed by atoms with van der Waals surface area (Å²) in [6, 6.07) is 0.458. The van der Waals surface area contributed by atoms with Crippen molar-refractivity contribution in [3.63, 3.8) is 0 Å². The molecule has 1 amide bonds. The molecule has 2 saturated heterocycles. The summed E-state index contributed by atoms with van der Waals surface area (Å²) in [5.74, 6) is 0.309. The SMILES string of the molecule is CC[C@H]1NCCC[C@]12CCC(=O)N2CCOC. The van der Waals surface area contributed by atoms with E-state index in [0.29, 0.717) is 25.0 Å². The molecule has 0 aromatic rings. The fraction of sp³-hybridized carbons (Fsp3) is 0.923. The third kappa shape index (κ3) is 2.20. The van der Waals surface area contributed by atoms with Gasteiger partial charge in [-0.2, -0.15) is 0 Å². The van der Waals surface area contributed by atoms with Crippen LogP contribution in [0.2, 0.25) is 0 Å². The molecule has 0 bridgehead atoms. The first-order valence-corrected chi connectivity index (χ1v) is 6.77. The normalized spacial score (nSPS) is 33.6. The fourth-order valence-electron chi connectivity index (χ4n) is 3.55. The number of ether oxygens (including phenoxy) is 1. The average molecular weight is 240 g/mol. The van der Waals surface area contributed by atoms with E-state index in [-0.39, 0.29) is 5.54 Å². The van der Waals surface area contributed by atoms with Gasteiger partial charge in [-0.3, -0.25) is 4.79 Å². The van der Waals surface area contributed by atoms with Gasteiger partial charge in [-0.15, -0.1) is 0 Å². The highest BCUT2D eigenvalue weighted by Crippen LogP contribution is 2.40. The monoisotopic (exact) mass is 240 g/mol. The van der Waals surface area contributed by atoms with Crippen LogP contribution in [0.1, 0.15) is 39.0 Å². The highest BCUT2D eigenvalue weighted by atomic mass is 16.5. The van der Waals surface area contributed by atoms with Crippen LogP contribution in [0, 0.1) is 0 Å². The Hall–Kier alpha value is -0.610. The molecular formula is C13H24N2O2. The van der Waals surface area contributed by atoms with E-state index in [2.05, 4.69) is 17.1 Å². The predicted molar refractivity (Wildman–Crippen MR) is 66.9 cm³/mol. The molecule has 98 valence electrons. The molecule has 0 aromatic carbocycles. The van der Waals surface area contributed by atoms with Crippen molar-refractivity contribution in [2.45, 2.75) is 50.6 Å². The zero-order valence-corrected chi connectivity index (χ0v) is 11.0. The highest BCUT2D eigenvalue weighted by Gasteiger charge is 2.50. The molecule has 0 saturated carbocycles. The second-order valence-corrected chi connectivity index (χ2v) is 5.16. The lowest BCUT2D eigenvalue weighted by Gasteiger charge is -2.47. The van der Waals surface area contributed by atoms with Gasteiger partial charge in [-0.25, -0.2) is 0 Å². The largest absolute Gasteiger partial charge is 0.383 e. The van der Waals surface area contributed by atoms with E-state index in [1.165, 1.54) is 6.42 Å². The molecule has 2 aliphatic heterocycles. The summed E-state index contributed by atoms with van der Waals surface area (Å²) in [5, 5.41) is 3.59. The van der Waals surface area contributed by atoms with Crippen molar-refractivity contribution in [1.29, 1.82) is 0 Å². The molecule has 0 aromatic heterocycles. The molecule has 0 radical (unpaired) electrons. The van der Waals surface area contributed by atoms with Gasteiger partial charge in [0.1, 0.15) is 0 Å². The summed E-state index contributed by atoms with van der Waals surface area (Å²) < 4.78 is 5.14. The molecule has 1 N–H and O–H groups in total. The Bertz CT molecular complexity index is 283. The Morgan fingerprint density at radius 3 is 3.06 bits per heavy atom. The van der Waals surface area contributed by atoms with Crippen LogP contribution in [0.3, 0.4) is 0 Å². The number of amides is 1. The van der Waals surface area contributed by atoms with Gasteiger partial charge in [0, 0.05) is 26.1 Å². The Morgan fingerprint density at radius 1 is 1.53 bits per heavy atom. The quantitative estimate of drug-likeness (QED) is 0.801. The molecule has 0 aliphatic carbocycles. The number of nitrogens with zero attached hydrogens (tertiary/aromatic N) is 1. The summed E-state index contributed by atoms with van der Waals surface area (Å²) in [6.45, 7) is 4.69. The molecule has 2 fully saturated rings. The van der Waals surface area contributed by atoms with Crippen LogP contribution in [0.25, 0.3) is 0 Å². The number of methoxy groups -OCH3 is 1. The summed E-state index contributed by atoms with van der Waals surface area (Å²) in [4.78, 5) is 14.2. The topological polar surface area (TPSA) is 41.6 Å². The number of carbonyl (C=O) groups is 1. The Balaban J connectivity index is 2.16. The lowest BCUT2D eigenvalue weighted by Crippen LogP contribution is -2.62. The molecule has 4 heteroatoms. The maximum Gasteiger partial charge on any atom is 0.223 e. The number of nitrogens with one attached hydrogen (secondary N) is 1. The van der Waals surface area contributed by atoms with E-state index < -0.39 is 0 Å². The lowest BCUT2D eigenvalue weighted by atomic mass is 9.79. The summed E-state index contributed by atoms with van der Waals surface area (Å²) >= 11 is 0. The third-order valence-electron chi connectivity index (χ3n) is 4.36. The summed E-state index contributed by atoms with van der Waals surface area (Å²) in [7, 11) is 1.70. The smallest absolute Gasteiger partial charge is 0.223 e. The minimum Gasteiger partial charge on any atom is -0.383 e. The van der Waals surface area contributed by atoms with E-state index in [1.807, 2.05) is 0 Å². The van der Waals surface area contributed by atoms with E-state index in [4.69, 9.17) is 4.74 Å². The van der Waals surface area contributed by atoms with Crippen molar-refractivity contribution in [2.75, 3.05) is 26.8 Å². The maximum absolute atomic E-state index is 12.1. The van der Waals surface area contributed by atoms with Gasteiger partial charge < -0.3 is 15.0 Å². The number of hydrogen-bond acceptors (Lipinski definition) is 3. The third-order valence-corrected chi connectivity index (χ3v) is 4.36. The van der Waals surface area contributed by atoms with Gasteiger partial charge in [0.05, 0.1) is 12.1 Å². The number of carbonyl (C=O) groups excluding carboxylic acids is 1. The zero-order chi connectivity index (χ0) is 12.3. The second kappa shape index (κ2) is 5.36. The molecule has 2 aliphatic rings. The molecule has 1 spiro atoms. The van der Waals surface area contributed by atoms with Gasteiger partial charge in [0.25, 0.3) is 0 Å². The molecule has 17 heavy (non-hydrogen) atoms. The molecular weight excluding hydrogens is 216 g/mol. The van der Waals surface area contributed by atoms with Gasteiger partial charge >= 0.3 is 0 Å². The Labute approximate surface area is 104 Å². The summed E-state index contributed by atoms with van der Waals surface area (Å²) in [5.41, 5.74) is 0.0720. The molecule has 2 atom stereocenters. The number of hydrogen-bond donors (Lipinski definition) is 1. The molecule has 4 nitrogen and oxygen atoms in total. The second-order valence-electron chi connectivity index (χ2n) is 5.16. The Morgan fingerprint density at radius 2 is 2.35 bits per heavy atom. The number of rotatable bonds is 4. The van der Waals surface area contributed by atoms with Crippen LogP contribution < -0.4 is 5.32 Å². The van der Waals surface area contributed by atoms with E-state index in [1.54, 1.807) is 7.11 Å². The standard InChI is InChI=1S/C13H24N2O2/c1-3-11-13(6-4-8-14-11)7-5-12(16)15(13)9-10-17-2/h11,14H,3-10H2,1-2H3/t11-,13+/m1/s1. The van der Waals surface area contributed by atoms with Crippen molar-refractivity contribution in [3.8, 4) is 0 Å². The van der Waals surface area contributed by atoms with Crippen LogP contribution in [0.5, 0.6) is 0 Å². The molecule has 2 heterocycles. The van der Waals surface area contributed by atoms with Crippen LogP contribution in [-0.2, 0) is 9.53 Å². The van der Waals surface area contributed by atoms with Crippen LogP contribution in [0.15, 0.2) is 0 Å². The Kier molecular flexibility index (Phi) is 4.05. The van der Waals surface area contributed by atoms with Crippen molar-refractivity contribution >= 4 is 5.91 Å². The fourth-order valence-corrected chi connectivity index (χ4v) is 3.55. The van der Waals surface area contributed by atoms with Gasteiger partial charge in [0.2, 0.25) is 5.91 Å². The first-order chi connectivity index (χ1) is 8.24. The first kappa shape index (κ1) is 12.8. The average Bonchev–Trinajstić information content (AvgIpc) is 2.66. The highest BCUT2D eigenvalue weighted by molar-refractivity contribution is 5.80. The van der Waals surface area contributed by atoms with Crippen molar-refractivity contribution in [1.82, 2.24) is 10.2 Å². The van der Waals surface area contributed by atoms with Crippen LogP contribution >= 0.6 is 0 Å². The van der Waals surface area contributed by atoms with E-state index >= 15 is 0 Å². The number of piperidine rings is 1. The van der Waals surface area contributed by atoms with Crippen LogP contribution in [0.4, 0.5) is 0 Å². The predicted octanol–water partition coefficient (Wildman–Crippen LogP) is 1.16. The van der Waals surface area contributed by atoms with E-state index in [9.17, 15) is 4.79 Å². The number of likely N-dealkylation sites (tertiary alicyclic amines) is 1. The van der Waals surface area contributed by atoms with Crippen molar-refractivity contribution in [2.24, 2.45) is 0 Å². The molecule has 0 unspecified atom stereocenters. The summed E-state index contributed by atoms with van der Waals surface area (Å²) in [6.07, 6.45) is 5.14. The lowest BCUT2D eigenvalue weighted by molar-refractivity contribution is -0.133.